The van der Waals surface area contributed by atoms with E-state index >= 15 is 0 Å². The van der Waals surface area contributed by atoms with Gasteiger partial charge in [-0.25, -0.2) is 4.79 Å². The van der Waals surface area contributed by atoms with E-state index in [4.69, 9.17) is 16.7 Å². The van der Waals surface area contributed by atoms with E-state index in [-0.39, 0.29) is 5.56 Å². The number of nitrogens with one attached hydrogen (secondary N) is 1. The van der Waals surface area contributed by atoms with E-state index in [1.165, 1.54) is 6.07 Å². The van der Waals surface area contributed by atoms with Crippen LogP contribution in [-0.4, -0.2) is 24.7 Å². The maximum atomic E-state index is 10.9. The smallest absolute Gasteiger partial charge is 0.336 e. The summed E-state index contributed by atoms with van der Waals surface area (Å²) in [6.07, 6.45) is 0.669. The molecule has 1 rings (SSSR count). The first-order chi connectivity index (χ1) is 7.65. The number of hydrogen-bond donors (Lipinski definition) is 2. The predicted octanol–water partition coefficient (Wildman–Crippen LogP) is 2.00. The summed E-state index contributed by atoms with van der Waals surface area (Å²) in [6.45, 7) is 0.774. The topological polar surface area (TPSA) is 49.3 Å². The molecule has 4 heteroatoms. The van der Waals surface area contributed by atoms with Crippen molar-refractivity contribution in [2.75, 3.05) is 13.6 Å². The Hall–Kier alpha value is -1.50. The predicted molar refractivity (Wildman–Crippen MR) is 63.8 cm³/mol. The fourth-order valence-electron chi connectivity index (χ4n) is 1.15. The van der Waals surface area contributed by atoms with Crippen LogP contribution in [0.15, 0.2) is 18.2 Å². The van der Waals surface area contributed by atoms with Crippen molar-refractivity contribution < 1.29 is 9.90 Å². The molecular formula is C12H12ClNO2. The fraction of sp³-hybridized carbons (Fsp3) is 0.250. The zero-order chi connectivity index (χ0) is 12.0. The molecule has 0 saturated carbocycles. The van der Waals surface area contributed by atoms with Crippen molar-refractivity contribution >= 4 is 17.6 Å². The third kappa shape index (κ3) is 3.58. The number of carboxylic acids is 1. The minimum Gasteiger partial charge on any atom is -0.478 e. The lowest BCUT2D eigenvalue weighted by Crippen LogP contribution is -2.06. The number of hydrogen-bond acceptors (Lipinski definition) is 2. The second-order valence-corrected chi connectivity index (χ2v) is 3.59. The first-order valence-electron chi connectivity index (χ1n) is 4.81. The summed E-state index contributed by atoms with van der Waals surface area (Å²) in [5, 5.41) is 12.4. The lowest BCUT2D eigenvalue weighted by atomic mass is 10.1. The molecule has 0 fully saturated rings. The molecule has 0 aliphatic rings. The molecule has 0 atom stereocenters. The van der Waals surface area contributed by atoms with Crippen LogP contribution in [0.1, 0.15) is 22.3 Å². The van der Waals surface area contributed by atoms with Crippen LogP contribution in [-0.2, 0) is 0 Å². The Kier molecular flexibility index (Phi) is 4.84. The molecule has 0 heterocycles. The van der Waals surface area contributed by atoms with Gasteiger partial charge in [-0.1, -0.05) is 23.4 Å². The first-order valence-corrected chi connectivity index (χ1v) is 5.19. The van der Waals surface area contributed by atoms with Crippen molar-refractivity contribution in [1.82, 2.24) is 5.32 Å². The molecule has 3 nitrogen and oxygen atoms in total. The van der Waals surface area contributed by atoms with Gasteiger partial charge in [-0.2, -0.15) is 0 Å². The van der Waals surface area contributed by atoms with Crippen LogP contribution in [0.2, 0.25) is 5.02 Å². The van der Waals surface area contributed by atoms with Crippen molar-refractivity contribution in [3.05, 3.63) is 34.3 Å². The molecular weight excluding hydrogens is 226 g/mol. The van der Waals surface area contributed by atoms with Gasteiger partial charge in [0, 0.05) is 23.6 Å². The molecule has 0 aromatic heterocycles. The summed E-state index contributed by atoms with van der Waals surface area (Å²) in [4.78, 5) is 10.9. The van der Waals surface area contributed by atoms with Gasteiger partial charge in [0.2, 0.25) is 0 Å². The zero-order valence-electron chi connectivity index (χ0n) is 8.88. The first kappa shape index (κ1) is 12.6. The van der Waals surface area contributed by atoms with E-state index < -0.39 is 5.97 Å². The molecule has 16 heavy (non-hydrogen) atoms. The molecule has 0 spiro atoms. The van der Waals surface area contributed by atoms with Crippen LogP contribution in [0.3, 0.4) is 0 Å². The van der Waals surface area contributed by atoms with Gasteiger partial charge < -0.3 is 10.4 Å². The highest BCUT2D eigenvalue weighted by Gasteiger charge is 2.07. The summed E-state index contributed by atoms with van der Waals surface area (Å²) < 4.78 is 0. The van der Waals surface area contributed by atoms with Crippen LogP contribution in [0.4, 0.5) is 0 Å². The highest BCUT2D eigenvalue weighted by molar-refractivity contribution is 6.30. The van der Waals surface area contributed by atoms with Gasteiger partial charge in [0.05, 0.1) is 5.56 Å². The minimum absolute atomic E-state index is 0.182. The van der Waals surface area contributed by atoms with Gasteiger partial charge in [-0.3, -0.25) is 0 Å². The molecule has 0 aliphatic carbocycles. The summed E-state index contributed by atoms with van der Waals surface area (Å²) in [5.74, 6) is 4.71. The van der Waals surface area contributed by atoms with Gasteiger partial charge in [-0.05, 0) is 25.2 Å². The largest absolute Gasteiger partial charge is 0.478 e. The highest BCUT2D eigenvalue weighted by Crippen LogP contribution is 2.15. The Balaban J connectivity index is 2.95. The monoisotopic (exact) mass is 237 g/mol. The third-order valence-electron chi connectivity index (χ3n) is 1.94. The standard InChI is InChI=1S/C12H12ClNO2/c1-14-7-3-2-4-9-8-10(13)5-6-11(9)12(15)16/h5-6,8,14H,3,7H2,1H3,(H,15,16). The number of halogens is 1. The van der Waals surface area contributed by atoms with E-state index in [9.17, 15) is 4.79 Å². The van der Waals surface area contributed by atoms with Gasteiger partial charge in [-0.15, -0.1) is 0 Å². The normalized spacial score (nSPS) is 9.38. The van der Waals surface area contributed by atoms with E-state index in [0.717, 1.165) is 6.54 Å². The maximum Gasteiger partial charge on any atom is 0.336 e. The average Bonchev–Trinajstić information content (AvgIpc) is 2.24. The number of aromatic carboxylic acids is 1. The van der Waals surface area contributed by atoms with E-state index in [1.54, 1.807) is 12.1 Å². The van der Waals surface area contributed by atoms with Gasteiger partial charge >= 0.3 is 5.97 Å². The molecule has 0 radical (unpaired) electrons. The second-order valence-electron chi connectivity index (χ2n) is 3.15. The summed E-state index contributed by atoms with van der Waals surface area (Å²) in [6, 6.07) is 4.58. The number of carboxylic acid groups (broad SMARTS) is 1. The van der Waals surface area contributed by atoms with Gasteiger partial charge in [0.25, 0.3) is 0 Å². The lowest BCUT2D eigenvalue weighted by Gasteiger charge is -1.99. The molecule has 1 aromatic rings. The summed E-state index contributed by atoms with van der Waals surface area (Å²) in [7, 11) is 1.84. The number of rotatable bonds is 3. The Morgan fingerprint density at radius 2 is 2.31 bits per heavy atom. The Morgan fingerprint density at radius 3 is 2.94 bits per heavy atom. The molecule has 0 aliphatic heterocycles. The van der Waals surface area contributed by atoms with Crippen molar-refractivity contribution in [3.8, 4) is 11.8 Å². The molecule has 1 aromatic carbocycles. The number of benzene rings is 1. The van der Waals surface area contributed by atoms with Crippen molar-refractivity contribution in [2.45, 2.75) is 6.42 Å². The zero-order valence-corrected chi connectivity index (χ0v) is 9.64. The number of carbonyl (C=O) groups is 1. The van der Waals surface area contributed by atoms with Crippen molar-refractivity contribution in [3.63, 3.8) is 0 Å². The van der Waals surface area contributed by atoms with Crippen LogP contribution < -0.4 is 5.32 Å². The molecule has 2 N–H and O–H groups in total. The Labute approximate surface area is 99.4 Å². The van der Waals surface area contributed by atoms with E-state index in [2.05, 4.69) is 17.2 Å². The van der Waals surface area contributed by atoms with E-state index in [0.29, 0.717) is 17.0 Å². The average molecular weight is 238 g/mol. The van der Waals surface area contributed by atoms with E-state index in [1.807, 2.05) is 7.05 Å². The van der Waals surface area contributed by atoms with Crippen LogP contribution in [0.25, 0.3) is 0 Å². The van der Waals surface area contributed by atoms with Crippen molar-refractivity contribution in [1.29, 1.82) is 0 Å². The van der Waals surface area contributed by atoms with Gasteiger partial charge in [0.1, 0.15) is 0 Å². The van der Waals surface area contributed by atoms with Crippen molar-refractivity contribution in [2.24, 2.45) is 0 Å². The maximum absolute atomic E-state index is 10.9. The van der Waals surface area contributed by atoms with Crippen LogP contribution >= 0.6 is 11.6 Å². The molecule has 0 bridgehead atoms. The Morgan fingerprint density at radius 1 is 1.56 bits per heavy atom. The second kappa shape index (κ2) is 6.16. The third-order valence-corrected chi connectivity index (χ3v) is 2.17. The molecule has 0 saturated heterocycles. The Bertz CT molecular complexity index is 446. The molecule has 0 unspecified atom stereocenters. The van der Waals surface area contributed by atoms with Crippen LogP contribution in [0.5, 0.6) is 0 Å². The SMILES string of the molecule is CNCCC#Cc1cc(Cl)ccc1C(=O)O. The fourth-order valence-corrected chi connectivity index (χ4v) is 1.32. The van der Waals surface area contributed by atoms with Gasteiger partial charge in [0.15, 0.2) is 0 Å². The van der Waals surface area contributed by atoms with Crippen LogP contribution in [0, 0.1) is 11.8 Å². The highest BCUT2D eigenvalue weighted by atomic mass is 35.5. The quantitative estimate of drug-likeness (QED) is 0.625. The summed E-state index contributed by atoms with van der Waals surface area (Å²) in [5.41, 5.74) is 0.637. The lowest BCUT2D eigenvalue weighted by molar-refractivity contribution is 0.0696. The molecule has 0 amide bonds. The minimum atomic E-state index is -0.991. The summed E-state index contributed by atoms with van der Waals surface area (Å²) >= 11 is 5.79. The molecule has 84 valence electrons.